The lowest BCUT2D eigenvalue weighted by molar-refractivity contribution is -0.274. The number of likely N-dealkylation sites (tertiary alicyclic amines) is 1. The van der Waals surface area contributed by atoms with Crippen molar-refractivity contribution in [3.8, 4) is 5.75 Å². The number of nitrogens with zero attached hydrogens (tertiary/aromatic N) is 2. The van der Waals surface area contributed by atoms with E-state index in [9.17, 15) is 22.8 Å². The van der Waals surface area contributed by atoms with Crippen LogP contribution in [-0.2, 0) is 0 Å². The summed E-state index contributed by atoms with van der Waals surface area (Å²) in [5, 5.41) is 0. The van der Waals surface area contributed by atoms with Crippen molar-refractivity contribution < 1.29 is 22.7 Å². The van der Waals surface area contributed by atoms with Gasteiger partial charge in [-0.15, -0.1) is 13.2 Å². The number of rotatable bonds is 3. The van der Waals surface area contributed by atoms with Gasteiger partial charge in [0.1, 0.15) is 5.75 Å². The molecule has 29 heavy (non-hydrogen) atoms. The van der Waals surface area contributed by atoms with Gasteiger partial charge >= 0.3 is 12.1 Å². The van der Waals surface area contributed by atoms with Gasteiger partial charge in [-0.1, -0.05) is 12.1 Å². The zero-order chi connectivity index (χ0) is 20.6. The minimum Gasteiger partial charge on any atom is -0.406 e. The molecule has 0 atom stereocenters. The first-order valence-corrected chi connectivity index (χ1v) is 9.16. The summed E-state index contributed by atoms with van der Waals surface area (Å²) in [7, 11) is 0. The molecule has 1 N–H and O–H groups in total. The van der Waals surface area contributed by atoms with Gasteiger partial charge in [0.25, 0.3) is 5.91 Å². The van der Waals surface area contributed by atoms with Crippen LogP contribution in [0.5, 0.6) is 5.75 Å². The summed E-state index contributed by atoms with van der Waals surface area (Å²) in [5.74, 6) is -0.625. The second kappa shape index (κ2) is 7.31. The Bertz CT molecular complexity index is 1080. The molecule has 6 nitrogen and oxygen atoms in total. The number of nitrogens with one attached hydrogen (secondary N) is 1. The maximum absolute atomic E-state index is 12.7. The molecule has 2 aromatic carbocycles. The van der Waals surface area contributed by atoms with Crippen molar-refractivity contribution in [2.24, 2.45) is 0 Å². The highest BCUT2D eigenvalue weighted by Crippen LogP contribution is 2.27. The van der Waals surface area contributed by atoms with Gasteiger partial charge < -0.3 is 14.6 Å². The van der Waals surface area contributed by atoms with E-state index in [1.54, 1.807) is 9.47 Å². The third-order valence-corrected chi connectivity index (χ3v) is 5.08. The van der Waals surface area contributed by atoms with Crippen LogP contribution in [0.25, 0.3) is 11.0 Å². The van der Waals surface area contributed by atoms with E-state index < -0.39 is 6.36 Å². The summed E-state index contributed by atoms with van der Waals surface area (Å²) in [5.41, 5.74) is 1.73. The Morgan fingerprint density at radius 1 is 1.03 bits per heavy atom. The second-order valence-corrected chi connectivity index (χ2v) is 6.91. The van der Waals surface area contributed by atoms with Crippen LogP contribution in [-0.4, -0.2) is 39.8 Å². The Hall–Kier alpha value is -3.23. The first kappa shape index (κ1) is 19.1. The molecule has 0 bridgehead atoms. The van der Waals surface area contributed by atoms with Gasteiger partial charge in [0.2, 0.25) is 0 Å². The van der Waals surface area contributed by atoms with Crippen LogP contribution in [0.1, 0.15) is 29.2 Å². The molecule has 1 amide bonds. The highest BCUT2D eigenvalue weighted by molar-refractivity contribution is 5.94. The van der Waals surface area contributed by atoms with E-state index in [2.05, 4.69) is 9.72 Å². The van der Waals surface area contributed by atoms with Gasteiger partial charge in [-0.05, 0) is 49.2 Å². The topological polar surface area (TPSA) is 67.3 Å². The van der Waals surface area contributed by atoms with Crippen molar-refractivity contribution in [3.05, 3.63) is 64.6 Å². The Morgan fingerprint density at radius 2 is 1.69 bits per heavy atom. The van der Waals surface area contributed by atoms with Crippen molar-refractivity contribution >= 4 is 16.9 Å². The van der Waals surface area contributed by atoms with Gasteiger partial charge in [-0.25, -0.2) is 4.79 Å². The molecule has 0 radical (unpaired) electrons. The van der Waals surface area contributed by atoms with Gasteiger partial charge in [0.05, 0.1) is 11.0 Å². The summed E-state index contributed by atoms with van der Waals surface area (Å²) in [4.78, 5) is 29.5. The second-order valence-electron chi connectivity index (χ2n) is 6.91. The van der Waals surface area contributed by atoms with Crippen LogP contribution in [0.3, 0.4) is 0 Å². The number of H-pyrrole nitrogens is 1. The van der Waals surface area contributed by atoms with E-state index in [1.807, 2.05) is 24.3 Å². The van der Waals surface area contributed by atoms with E-state index >= 15 is 0 Å². The predicted octanol–water partition coefficient (Wildman–Crippen LogP) is 3.71. The Morgan fingerprint density at radius 3 is 2.34 bits per heavy atom. The van der Waals surface area contributed by atoms with Gasteiger partial charge in [-0.3, -0.25) is 9.36 Å². The first-order valence-electron chi connectivity index (χ1n) is 9.16. The molecule has 0 aliphatic carbocycles. The highest BCUT2D eigenvalue weighted by Gasteiger charge is 2.31. The molecule has 3 aromatic rings. The van der Waals surface area contributed by atoms with Crippen molar-refractivity contribution in [2.75, 3.05) is 13.1 Å². The fourth-order valence-corrected chi connectivity index (χ4v) is 3.75. The summed E-state index contributed by atoms with van der Waals surface area (Å²) in [6.07, 6.45) is -3.54. The van der Waals surface area contributed by atoms with Gasteiger partial charge in [0, 0.05) is 24.7 Å². The lowest BCUT2D eigenvalue weighted by Crippen LogP contribution is -2.40. The number of ether oxygens (including phenoxy) is 1. The largest absolute Gasteiger partial charge is 0.573 e. The molecular weight excluding hydrogens is 387 g/mol. The zero-order valence-corrected chi connectivity index (χ0v) is 15.3. The molecule has 0 unspecified atom stereocenters. The zero-order valence-electron chi connectivity index (χ0n) is 15.3. The van der Waals surface area contributed by atoms with Crippen LogP contribution in [0.4, 0.5) is 13.2 Å². The molecule has 1 aromatic heterocycles. The SMILES string of the molecule is O=C(c1ccc(OC(F)(F)F)cc1)N1CCC(n2c(=O)[nH]c3ccccc32)CC1. The van der Waals surface area contributed by atoms with Crippen molar-refractivity contribution in [1.29, 1.82) is 0 Å². The molecule has 2 heterocycles. The smallest absolute Gasteiger partial charge is 0.406 e. The Balaban J connectivity index is 1.43. The molecule has 0 spiro atoms. The number of hydrogen-bond donors (Lipinski definition) is 1. The average Bonchev–Trinajstić information content (AvgIpc) is 3.02. The Labute approximate surface area is 163 Å². The highest BCUT2D eigenvalue weighted by atomic mass is 19.4. The van der Waals surface area contributed by atoms with Crippen LogP contribution < -0.4 is 10.4 Å². The van der Waals surface area contributed by atoms with Crippen molar-refractivity contribution in [2.45, 2.75) is 25.2 Å². The van der Waals surface area contributed by atoms with Gasteiger partial charge in [-0.2, -0.15) is 0 Å². The van der Waals surface area contributed by atoms with Crippen molar-refractivity contribution in [3.63, 3.8) is 0 Å². The monoisotopic (exact) mass is 405 g/mol. The summed E-state index contributed by atoms with van der Waals surface area (Å²) < 4.78 is 42.3. The number of halogens is 3. The fourth-order valence-electron chi connectivity index (χ4n) is 3.75. The van der Waals surface area contributed by atoms with Crippen molar-refractivity contribution in [1.82, 2.24) is 14.5 Å². The molecule has 1 aliphatic rings. The standard InChI is InChI=1S/C20H18F3N3O3/c21-20(22,23)29-15-7-5-13(6-8-15)18(27)25-11-9-14(10-12-25)26-17-4-2-1-3-16(17)24-19(26)28/h1-8,14H,9-12H2,(H,24,28). The number of fused-ring (bicyclic) bond motifs is 1. The molecule has 9 heteroatoms. The first-order chi connectivity index (χ1) is 13.8. The third kappa shape index (κ3) is 3.98. The minimum absolute atomic E-state index is 0.0229. The number of aromatic nitrogens is 2. The molecule has 4 rings (SSSR count). The molecule has 1 fully saturated rings. The van der Waals surface area contributed by atoms with E-state index in [1.165, 1.54) is 12.1 Å². The maximum Gasteiger partial charge on any atom is 0.573 e. The quantitative estimate of drug-likeness (QED) is 0.723. The number of imidazole rings is 1. The number of hydrogen-bond acceptors (Lipinski definition) is 3. The summed E-state index contributed by atoms with van der Waals surface area (Å²) in [6.45, 7) is 0.909. The van der Waals surface area contributed by atoms with Gasteiger partial charge in [0.15, 0.2) is 0 Å². The average molecular weight is 405 g/mol. The number of carbonyl (C=O) groups excluding carboxylic acids is 1. The summed E-state index contributed by atoms with van der Waals surface area (Å²) in [6, 6.07) is 12.3. The van der Waals surface area contributed by atoms with E-state index in [0.717, 1.165) is 23.2 Å². The number of carbonyl (C=O) groups is 1. The number of alkyl halides is 3. The normalized spacial score (nSPS) is 15.6. The van der Waals surface area contributed by atoms with E-state index in [-0.39, 0.29) is 23.4 Å². The third-order valence-electron chi connectivity index (χ3n) is 5.08. The van der Waals surface area contributed by atoms with Crippen LogP contribution in [0, 0.1) is 0 Å². The fraction of sp³-hybridized carbons (Fsp3) is 0.300. The molecule has 1 saturated heterocycles. The van der Waals surface area contributed by atoms with Crippen LogP contribution in [0.15, 0.2) is 53.3 Å². The minimum atomic E-state index is -4.77. The van der Waals surface area contributed by atoms with E-state index in [0.29, 0.717) is 31.5 Å². The number of piperidine rings is 1. The lowest BCUT2D eigenvalue weighted by Gasteiger charge is -2.32. The Kier molecular flexibility index (Phi) is 4.81. The molecule has 1 aliphatic heterocycles. The van der Waals surface area contributed by atoms with Crippen LogP contribution >= 0.6 is 0 Å². The number of benzene rings is 2. The van der Waals surface area contributed by atoms with Crippen LogP contribution in [0.2, 0.25) is 0 Å². The lowest BCUT2D eigenvalue weighted by atomic mass is 10.0. The molecular formula is C20H18F3N3O3. The predicted molar refractivity (Wildman–Crippen MR) is 99.9 cm³/mol. The van der Waals surface area contributed by atoms with E-state index in [4.69, 9.17) is 0 Å². The molecule has 0 saturated carbocycles. The maximum atomic E-state index is 12.7. The summed E-state index contributed by atoms with van der Waals surface area (Å²) >= 11 is 0. The number of para-hydroxylation sites is 2. The molecule has 152 valence electrons. The number of amides is 1. The number of aromatic amines is 1.